The minimum atomic E-state index is 1.00. The van der Waals surface area contributed by atoms with Crippen molar-refractivity contribution in [1.82, 2.24) is 0 Å². The molecule has 0 aliphatic rings. The van der Waals surface area contributed by atoms with Crippen LogP contribution >= 0.6 is 0 Å². The predicted octanol–water partition coefficient (Wildman–Crippen LogP) is 8.40. The Hall–Kier alpha value is 0. The molecule has 0 rings (SSSR count). The number of hydrogen-bond donors (Lipinski definition) is 0. The summed E-state index contributed by atoms with van der Waals surface area (Å²) in [7, 11) is 0. The lowest BCUT2D eigenvalue weighted by atomic mass is 9.87. The summed E-state index contributed by atoms with van der Waals surface area (Å²) in [6.45, 7) is 11.8. The lowest BCUT2D eigenvalue weighted by Gasteiger charge is -2.19. The van der Waals surface area contributed by atoms with Crippen LogP contribution in [0.4, 0.5) is 0 Å². The van der Waals surface area contributed by atoms with Crippen LogP contribution in [0.15, 0.2) is 0 Å². The topological polar surface area (TPSA) is 0 Å². The molecule has 0 saturated heterocycles. The number of hydrogen-bond acceptors (Lipinski definition) is 0. The Morgan fingerprint density at radius 2 is 0.773 bits per heavy atom. The molecule has 0 aromatic carbocycles. The van der Waals surface area contributed by atoms with Gasteiger partial charge in [-0.25, -0.2) is 0 Å². The minimum absolute atomic E-state index is 1.00. The van der Waals surface area contributed by atoms with E-state index in [0.717, 1.165) is 17.8 Å². The van der Waals surface area contributed by atoms with Gasteiger partial charge >= 0.3 is 0 Å². The van der Waals surface area contributed by atoms with E-state index in [1.165, 1.54) is 89.9 Å². The van der Waals surface area contributed by atoms with Gasteiger partial charge in [0, 0.05) is 0 Å². The van der Waals surface area contributed by atoms with Crippen molar-refractivity contribution >= 4 is 0 Å². The summed E-state index contributed by atoms with van der Waals surface area (Å²) in [5, 5.41) is 0. The molecule has 134 valence electrons. The molecule has 0 bridgehead atoms. The first kappa shape index (κ1) is 22.0. The first-order valence-corrected chi connectivity index (χ1v) is 10.7. The van der Waals surface area contributed by atoms with Crippen LogP contribution in [0.3, 0.4) is 0 Å². The van der Waals surface area contributed by atoms with Crippen LogP contribution in [-0.4, -0.2) is 0 Å². The molecule has 0 aliphatic heterocycles. The molecule has 0 heteroatoms. The van der Waals surface area contributed by atoms with Gasteiger partial charge in [-0.05, 0) is 17.8 Å². The normalized spacial score (nSPS) is 15.7. The standard InChI is InChI=1S/C22H46/c1-6-11-15-21(9-4)17-13-19-22(10-5)18-12-16-20(8-3)14-7-2/h20-22H,6-19H2,1-5H3. The van der Waals surface area contributed by atoms with Gasteiger partial charge in [-0.1, -0.05) is 125 Å². The summed E-state index contributed by atoms with van der Waals surface area (Å²) in [6.07, 6.45) is 20.2. The van der Waals surface area contributed by atoms with Gasteiger partial charge in [-0.15, -0.1) is 0 Å². The third kappa shape index (κ3) is 11.6. The van der Waals surface area contributed by atoms with Crippen LogP contribution < -0.4 is 0 Å². The Balaban J connectivity index is 3.81. The molecule has 0 fully saturated rings. The molecule has 0 heterocycles. The van der Waals surface area contributed by atoms with Gasteiger partial charge in [0.1, 0.15) is 0 Å². The molecule has 3 atom stereocenters. The minimum Gasteiger partial charge on any atom is -0.0654 e. The second-order valence-corrected chi connectivity index (χ2v) is 7.62. The third-order valence-electron chi connectivity index (χ3n) is 5.84. The van der Waals surface area contributed by atoms with E-state index >= 15 is 0 Å². The molecular formula is C22H46. The van der Waals surface area contributed by atoms with E-state index in [1.54, 1.807) is 0 Å². The van der Waals surface area contributed by atoms with Crippen LogP contribution in [0.2, 0.25) is 0 Å². The van der Waals surface area contributed by atoms with Gasteiger partial charge < -0.3 is 0 Å². The second kappa shape index (κ2) is 15.9. The maximum Gasteiger partial charge on any atom is -0.0417 e. The Kier molecular flexibility index (Phi) is 15.9. The monoisotopic (exact) mass is 310 g/mol. The highest BCUT2D eigenvalue weighted by atomic mass is 14.2. The van der Waals surface area contributed by atoms with Crippen LogP contribution in [0.1, 0.15) is 125 Å². The highest BCUT2D eigenvalue weighted by molar-refractivity contribution is 4.64. The Labute approximate surface area is 142 Å². The zero-order valence-corrected chi connectivity index (χ0v) is 16.6. The molecule has 0 aliphatic carbocycles. The maximum absolute atomic E-state index is 2.41. The van der Waals surface area contributed by atoms with Crippen molar-refractivity contribution < 1.29 is 0 Å². The molecule has 3 unspecified atom stereocenters. The number of unbranched alkanes of at least 4 members (excludes halogenated alkanes) is 1. The summed E-state index contributed by atoms with van der Waals surface area (Å²) < 4.78 is 0. The summed E-state index contributed by atoms with van der Waals surface area (Å²) in [6, 6.07) is 0. The lowest BCUT2D eigenvalue weighted by Crippen LogP contribution is -2.05. The Morgan fingerprint density at radius 1 is 0.409 bits per heavy atom. The average Bonchev–Trinajstić information content (AvgIpc) is 2.55. The lowest BCUT2D eigenvalue weighted by molar-refractivity contribution is 0.337. The molecule has 0 saturated carbocycles. The molecular weight excluding hydrogens is 264 g/mol. The third-order valence-corrected chi connectivity index (χ3v) is 5.84. The van der Waals surface area contributed by atoms with E-state index in [-0.39, 0.29) is 0 Å². The highest BCUT2D eigenvalue weighted by Crippen LogP contribution is 2.26. The fourth-order valence-corrected chi connectivity index (χ4v) is 3.95. The van der Waals surface area contributed by atoms with Crippen LogP contribution in [0.5, 0.6) is 0 Å². The van der Waals surface area contributed by atoms with Crippen molar-refractivity contribution in [3.63, 3.8) is 0 Å². The summed E-state index contributed by atoms with van der Waals surface area (Å²) >= 11 is 0. The van der Waals surface area contributed by atoms with E-state index in [2.05, 4.69) is 34.6 Å². The van der Waals surface area contributed by atoms with E-state index in [1.807, 2.05) is 0 Å². The average molecular weight is 311 g/mol. The fraction of sp³-hybridized carbons (Fsp3) is 1.00. The molecule has 0 nitrogen and oxygen atoms in total. The molecule has 0 N–H and O–H groups in total. The van der Waals surface area contributed by atoms with E-state index in [4.69, 9.17) is 0 Å². The van der Waals surface area contributed by atoms with Crippen molar-refractivity contribution in [3.05, 3.63) is 0 Å². The van der Waals surface area contributed by atoms with Crippen molar-refractivity contribution in [1.29, 1.82) is 0 Å². The first-order chi connectivity index (χ1) is 10.7. The molecule has 0 aromatic rings. The zero-order chi connectivity index (χ0) is 16.6. The molecule has 0 aromatic heterocycles. The summed E-state index contributed by atoms with van der Waals surface area (Å²) in [5.41, 5.74) is 0. The Bertz CT molecular complexity index is 208. The van der Waals surface area contributed by atoms with Gasteiger partial charge in [0.15, 0.2) is 0 Å². The summed E-state index contributed by atoms with van der Waals surface area (Å²) in [4.78, 5) is 0. The first-order valence-electron chi connectivity index (χ1n) is 10.7. The largest absolute Gasteiger partial charge is 0.0654 e. The van der Waals surface area contributed by atoms with Crippen LogP contribution in [0.25, 0.3) is 0 Å². The Morgan fingerprint density at radius 3 is 1.09 bits per heavy atom. The number of rotatable bonds is 16. The second-order valence-electron chi connectivity index (χ2n) is 7.62. The molecule has 0 amide bonds. The fourth-order valence-electron chi connectivity index (χ4n) is 3.95. The highest BCUT2D eigenvalue weighted by Gasteiger charge is 2.11. The van der Waals surface area contributed by atoms with Crippen molar-refractivity contribution in [2.75, 3.05) is 0 Å². The van der Waals surface area contributed by atoms with E-state index in [9.17, 15) is 0 Å². The van der Waals surface area contributed by atoms with Gasteiger partial charge in [-0.3, -0.25) is 0 Å². The summed E-state index contributed by atoms with van der Waals surface area (Å²) in [5.74, 6) is 3.01. The zero-order valence-electron chi connectivity index (χ0n) is 16.6. The molecule has 0 radical (unpaired) electrons. The van der Waals surface area contributed by atoms with Crippen LogP contribution in [0, 0.1) is 17.8 Å². The smallest absolute Gasteiger partial charge is 0.0417 e. The van der Waals surface area contributed by atoms with Crippen molar-refractivity contribution in [3.8, 4) is 0 Å². The molecule has 0 spiro atoms. The van der Waals surface area contributed by atoms with Crippen LogP contribution in [-0.2, 0) is 0 Å². The van der Waals surface area contributed by atoms with Gasteiger partial charge in [0.2, 0.25) is 0 Å². The van der Waals surface area contributed by atoms with Gasteiger partial charge in [-0.2, -0.15) is 0 Å². The maximum atomic E-state index is 2.41. The van der Waals surface area contributed by atoms with E-state index < -0.39 is 0 Å². The molecule has 22 heavy (non-hydrogen) atoms. The van der Waals surface area contributed by atoms with Crippen molar-refractivity contribution in [2.45, 2.75) is 125 Å². The van der Waals surface area contributed by atoms with Gasteiger partial charge in [0.25, 0.3) is 0 Å². The SMILES string of the molecule is CCCCC(CC)CCCC(CC)CCCC(CC)CCC. The quantitative estimate of drug-likeness (QED) is 0.268. The van der Waals surface area contributed by atoms with Crippen molar-refractivity contribution in [2.24, 2.45) is 17.8 Å². The predicted molar refractivity (Wildman–Crippen MR) is 103 cm³/mol. The van der Waals surface area contributed by atoms with Gasteiger partial charge in [0.05, 0.1) is 0 Å². The van der Waals surface area contributed by atoms with E-state index in [0.29, 0.717) is 0 Å².